The molecular formula is C21H24ClNO2. The maximum absolute atomic E-state index is 12.6. The molecule has 0 aliphatic rings. The Bertz CT molecular complexity index is 907. The van der Waals surface area contributed by atoms with Crippen molar-refractivity contribution >= 4 is 34.0 Å². The molecule has 3 aromatic carbocycles. The quantitative estimate of drug-likeness (QED) is 0.650. The first-order chi connectivity index (χ1) is 11.7. The van der Waals surface area contributed by atoms with E-state index in [-0.39, 0.29) is 17.8 Å². The van der Waals surface area contributed by atoms with E-state index in [9.17, 15) is 4.79 Å². The lowest BCUT2D eigenvalue weighted by atomic mass is 10.1. The van der Waals surface area contributed by atoms with Crippen LogP contribution in [-0.2, 0) is 0 Å². The number of nitrogens with zero attached hydrogens (tertiary/aromatic N) is 1. The molecule has 0 aliphatic carbocycles. The van der Waals surface area contributed by atoms with E-state index in [1.807, 2.05) is 48.5 Å². The number of hydrogen-bond donors (Lipinski definition) is 0. The van der Waals surface area contributed by atoms with Crippen LogP contribution in [-0.4, -0.2) is 31.1 Å². The molecule has 0 heterocycles. The summed E-state index contributed by atoms with van der Waals surface area (Å²) in [6.45, 7) is 7.71. The second-order valence-corrected chi connectivity index (χ2v) is 5.84. The van der Waals surface area contributed by atoms with E-state index >= 15 is 0 Å². The molecule has 0 unspecified atom stereocenters. The SMILES string of the molecule is CCN(CC)CCOc1cc(=O)c2ccccc2c2ccccc12.Cl. The summed E-state index contributed by atoms with van der Waals surface area (Å²) in [6.07, 6.45) is 0. The molecule has 0 aromatic heterocycles. The molecule has 0 aliphatic heterocycles. The van der Waals surface area contributed by atoms with Crippen LogP contribution in [0.3, 0.4) is 0 Å². The molecule has 25 heavy (non-hydrogen) atoms. The molecule has 0 N–H and O–H groups in total. The molecule has 0 bridgehead atoms. The molecule has 3 rings (SSSR count). The van der Waals surface area contributed by atoms with Crippen LogP contribution >= 0.6 is 12.4 Å². The number of rotatable bonds is 6. The van der Waals surface area contributed by atoms with Crippen LogP contribution in [0.1, 0.15) is 13.8 Å². The van der Waals surface area contributed by atoms with E-state index in [0.717, 1.165) is 41.2 Å². The summed E-state index contributed by atoms with van der Waals surface area (Å²) >= 11 is 0. The Morgan fingerprint density at radius 3 is 1.96 bits per heavy atom. The summed E-state index contributed by atoms with van der Waals surface area (Å²) in [4.78, 5) is 14.9. The second kappa shape index (κ2) is 8.84. The van der Waals surface area contributed by atoms with Gasteiger partial charge in [-0.3, -0.25) is 4.79 Å². The van der Waals surface area contributed by atoms with Crippen molar-refractivity contribution in [1.82, 2.24) is 4.90 Å². The summed E-state index contributed by atoms with van der Waals surface area (Å²) < 4.78 is 6.02. The van der Waals surface area contributed by atoms with Gasteiger partial charge in [0.05, 0.1) is 0 Å². The largest absolute Gasteiger partial charge is 0.491 e. The molecule has 4 heteroatoms. The summed E-state index contributed by atoms with van der Waals surface area (Å²) in [5, 5.41) is 3.73. The average Bonchev–Trinajstić information content (AvgIpc) is 2.75. The molecule has 0 radical (unpaired) electrons. The Morgan fingerprint density at radius 2 is 1.36 bits per heavy atom. The highest BCUT2D eigenvalue weighted by Crippen LogP contribution is 2.28. The Kier molecular flexibility index (Phi) is 6.80. The lowest BCUT2D eigenvalue weighted by Crippen LogP contribution is -2.27. The normalized spacial score (nSPS) is 10.8. The lowest BCUT2D eigenvalue weighted by molar-refractivity contribution is 0.224. The van der Waals surface area contributed by atoms with Gasteiger partial charge in [0.15, 0.2) is 5.43 Å². The van der Waals surface area contributed by atoms with Gasteiger partial charge in [-0.25, -0.2) is 0 Å². The zero-order chi connectivity index (χ0) is 16.9. The summed E-state index contributed by atoms with van der Waals surface area (Å²) in [5.41, 5.74) is -0.000334. The minimum atomic E-state index is -0.000334. The molecule has 0 saturated heterocycles. The van der Waals surface area contributed by atoms with Gasteiger partial charge in [-0.2, -0.15) is 0 Å². The maximum atomic E-state index is 12.6. The number of halogens is 1. The highest BCUT2D eigenvalue weighted by Gasteiger charge is 2.08. The minimum Gasteiger partial charge on any atom is -0.491 e. The van der Waals surface area contributed by atoms with Crippen LogP contribution in [0.2, 0.25) is 0 Å². The van der Waals surface area contributed by atoms with Gasteiger partial charge >= 0.3 is 0 Å². The van der Waals surface area contributed by atoms with Crippen LogP contribution in [0.5, 0.6) is 5.75 Å². The van der Waals surface area contributed by atoms with Crippen molar-refractivity contribution in [3.05, 3.63) is 64.8 Å². The highest BCUT2D eigenvalue weighted by molar-refractivity contribution is 6.07. The van der Waals surface area contributed by atoms with Gasteiger partial charge < -0.3 is 9.64 Å². The van der Waals surface area contributed by atoms with E-state index < -0.39 is 0 Å². The van der Waals surface area contributed by atoms with Gasteiger partial charge in [0, 0.05) is 23.4 Å². The molecular weight excluding hydrogens is 334 g/mol. The fourth-order valence-electron chi connectivity index (χ4n) is 3.08. The van der Waals surface area contributed by atoms with E-state index in [4.69, 9.17) is 4.74 Å². The van der Waals surface area contributed by atoms with Gasteiger partial charge in [0.2, 0.25) is 0 Å². The van der Waals surface area contributed by atoms with Crippen LogP contribution in [0, 0.1) is 0 Å². The number of fused-ring (bicyclic) bond motifs is 3. The number of likely N-dealkylation sites (N-methyl/N-ethyl adjacent to an activating group) is 1. The molecule has 3 nitrogen and oxygen atoms in total. The number of benzene rings is 2. The highest BCUT2D eigenvalue weighted by atomic mass is 35.5. The van der Waals surface area contributed by atoms with E-state index in [1.165, 1.54) is 0 Å². The topological polar surface area (TPSA) is 29.5 Å². The minimum absolute atomic E-state index is 0. The van der Waals surface area contributed by atoms with Gasteiger partial charge in [-0.05, 0) is 23.9 Å². The first-order valence-corrected chi connectivity index (χ1v) is 8.54. The third-order valence-corrected chi connectivity index (χ3v) is 4.50. The first kappa shape index (κ1) is 19.2. The summed E-state index contributed by atoms with van der Waals surface area (Å²) in [5.74, 6) is 0.666. The molecule has 0 saturated carbocycles. The smallest absolute Gasteiger partial charge is 0.190 e. The number of ether oxygens (including phenoxy) is 1. The van der Waals surface area contributed by atoms with Gasteiger partial charge in [0.1, 0.15) is 12.4 Å². The van der Waals surface area contributed by atoms with Crippen LogP contribution < -0.4 is 10.2 Å². The zero-order valence-electron chi connectivity index (χ0n) is 14.7. The molecule has 132 valence electrons. The summed E-state index contributed by atoms with van der Waals surface area (Å²) in [6, 6.07) is 17.4. The second-order valence-electron chi connectivity index (χ2n) is 5.84. The predicted molar refractivity (Wildman–Crippen MR) is 108 cm³/mol. The molecule has 3 aromatic rings. The van der Waals surface area contributed by atoms with Crippen LogP contribution in [0.25, 0.3) is 21.5 Å². The summed E-state index contributed by atoms with van der Waals surface area (Å²) in [7, 11) is 0. The molecule has 0 amide bonds. The van der Waals surface area contributed by atoms with E-state index in [2.05, 4.69) is 18.7 Å². The van der Waals surface area contributed by atoms with Crippen molar-refractivity contribution in [3.8, 4) is 5.75 Å². The van der Waals surface area contributed by atoms with Gasteiger partial charge in [-0.1, -0.05) is 62.4 Å². The fourth-order valence-corrected chi connectivity index (χ4v) is 3.08. The van der Waals surface area contributed by atoms with Crippen molar-refractivity contribution in [2.45, 2.75) is 13.8 Å². The maximum Gasteiger partial charge on any atom is 0.190 e. The first-order valence-electron chi connectivity index (χ1n) is 8.54. The third-order valence-electron chi connectivity index (χ3n) is 4.50. The molecule has 0 fully saturated rings. The molecule has 0 atom stereocenters. The average molecular weight is 358 g/mol. The van der Waals surface area contributed by atoms with Crippen molar-refractivity contribution in [1.29, 1.82) is 0 Å². The Labute approximate surface area is 154 Å². The lowest BCUT2D eigenvalue weighted by Gasteiger charge is -2.18. The van der Waals surface area contributed by atoms with Gasteiger partial charge in [-0.15, -0.1) is 12.4 Å². The fraction of sp³-hybridized carbons (Fsp3) is 0.286. The molecule has 0 spiro atoms. The van der Waals surface area contributed by atoms with Crippen molar-refractivity contribution < 1.29 is 4.74 Å². The van der Waals surface area contributed by atoms with E-state index in [0.29, 0.717) is 12.4 Å². The van der Waals surface area contributed by atoms with Crippen LogP contribution in [0.4, 0.5) is 0 Å². The Hall–Kier alpha value is -2.10. The third kappa shape index (κ3) is 4.12. The monoisotopic (exact) mass is 357 g/mol. The van der Waals surface area contributed by atoms with Crippen LogP contribution in [0.15, 0.2) is 59.4 Å². The predicted octanol–water partition coefficient (Wildman–Crippen LogP) is 4.50. The standard InChI is InChI=1S/C21H23NO2.ClH/c1-3-22(4-2)13-14-24-21-15-20(23)18-11-7-5-9-16(18)17-10-6-8-12-19(17)21;/h5-12,15H,3-4,13-14H2,1-2H3;1H. The number of hydrogen-bond acceptors (Lipinski definition) is 3. The Balaban J connectivity index is 0.00000225. The van der Waals surface area contributed by atoms with Crippen molar-refractivity contribution in [2.75, 3.05) is 26.2 Å². The van der Waals surface area contributed by atoms with Crippen molar-refractivity contribution in [3.63, 3.8) is 0 Å². The van der Waals surface area contributed by atoms with Gasteiger partial charge in [0.25, 0.3) is 0 Å². The Morgan fingerprint density at radius 1 is 0.840 bits per heavy atom. The van der Waals surface area contributed by atoms with E-state index in [1.54, 1.807) is 6.07 Å². The zero-order valence-corrected chi connectivity index (χ0v) is 15.5. The van der Waals surface area contributed by atoms with Crippen molar-refractivity contribution in [2.24, 2.45) is 0 Å².